The molecule has 1 saturated heterocycles. The Bertz CT molecular complexity index is 282. The van der Waals surface area contributed by atoms with E-state index in [4.69, 9.17) is 16.3 Å². The molecule has 14 heavy (non-hydrogen) atoms. The molecule has 0 amide bonds. The zero-order valence-corrected chi connectivity index (χ0v) is 9.46. The van der Waals surface area contributed by atoms with Gasteiger partial charge in [0.25, 0.3) is 0 Å². The van der Waals surface area contributed by atoms with Gasteiger partial charge in [-0.15, -0.1) is 21.8 Å². The van der Waals surface area contributed by atoms with Crippen LogP contribution >= 0.6 is 22.9 Å². The second kappa shape index (κ2) is 4.42. The Balaban J connectivity index is 2.11. The van der Waals surface area contributed by atoms with Crippen molar-refractivity contribution in [1.82, 2.24) is 10.2 Å². The van der Waals surface area contributed by atoms with Gasteiger partial charge in [0, 0.05) is 25.6 Å². The predicted octanol–water partition coefficient (Wildman–Crippen LogP) is 1.37. The zero-order valence-electron chi connectivity index (χ0n) is 7.89. The average molecular weight is 234 g/mol. The Morgan fingerprint density at radius 2 is 2.64 bits per heavy atom. The summed E-state index contributed by atoms with van der Waals surface area (Å²) in [5, 5.41) is 8.81. The fourth-order valence-corrected chi connectivity index (χ4v) is 2.65. The molecule has 0 spiro atoms. The normalized spacial score (nSPS) is 27.1. The van der Waals surface area contributed by atoms with E-state index in [1.165, 1.54) is 0 Å². The van der Waals surface area contributed by atoms with Gasteiger partial charge in [-0.25, -0.2) is 0 Å². The molecule has 2 heterocycles. The average Bonchev–Trinajstić information content (AvgIpc) is 2.85. The summed E-state index contributed by atoms with van der Waals surface area (Å²) in [5.41, 5.74) is 1.74. The third-order valence-corrected chi connectivity index (χ3v) is 3.56. The van der Waals surface area contributed by atoms with Crippen LogP contribution in [0.2, 0.25) is 0 Å². The molecule has 78 valence electrons. The molecule has 2 atom stereocenters. The summed E-state index contributed by atoms with van der Waals surface area (Å²) in [4.78, 5) is 2.18. The maximum absolute atomic E-state index is 5.90. The number of hydrogen-bond acceptors (Lipinski definition) is 5. The van der Waals surface area contributed by atoms with Crippen LogP contribution in [0.3, 0.4) is 0 Å². The lowest BCUT2D eigenvalue weighted by molar-refractivity contribution is 0.119. The second-order valence-electron chi connectivity index (χ2n) is 3.28. The SMILES string of the molecule is COC1CC(CCl)N(c2nncs2)C1. The first-order valence-corrected chi connectivity index (χ1v) is 5.88. The quantitative estimate of drug-likeness (QED) is 0.740. The summed E-state index contributed by atoms with van der Waals surface area (Å²) in [5.74, 6) is 0.611. The van der Waals surface area contributed by atoms with E-state index in [9.17, 15) is 0 Å². The first-order valence-electron chi connectivity index (χ1n) is 4.46. The highest BCUT2D eigenvalue weighted by molar-refractivity contribution is 7.13. The molecule has 2 unspecified atom stereocenters. The van der Waals surface area contributed by atoms with Gasteiger partial charge in [0.05, 0.1) is 6.10 Å². The van der Waals surface area contributed by atoms with E-state index in [2.05, 4.69) is 15.1 Å². The van der Waals surface area contributed by atoms with E-state index in [1.54, 1.807) is 24.0 Å². The molecule has 0 saturated carbocycles. The van der Waals surface area contributed by atoms with Crippen molar-refractivity contribution < 1.29 is 4.74 Å². The molecule has 0 aliphatic carbocycles. The van der Waals surface area contributed by atoms with Crippen molar-refractivity contribution in [1.29, 1.82) is 0 Å². The minimum absolute atomic E-state index is 0.266. The predicted molar refractivity (Wildman–Crippen MR) is 57.2 cm³/mol. The lowest BCUT2D eigenvalue weighted by Crippen LogP contribution is -2.30. The van der Waals surface area contributed by atoms with Gasteiger partial charge >= 0.3 is 0 Å². The van der Waals surface area contributed by atoms with Crippen LogP contribution in [0.25, 0.3) is 0 Å². The number of nitrogens with zero attached hydrogens (tertiary/aromatic N) is 3. The molecule has 0 radical (unpaired) electrons. The van der Waals surface area contributed by atoms with Crippen LogP contribution in [0.4, 0.5) is 5.13 Å². The Morgan fingerprint density at radius 1 is 1.79 bits per heavy atom. The number of aromatic nitrogens is 2. The third kappa shape index (κ3) is 1.85. The minimum Gasteiger partial charge on any atom is -0.380 e. The van der Waals surface area contributed by atoms with E-state index >= 15 is 0 Å². The van der Waals surface area contributed by atoms with Crippen LogP contribution < -0.4 is 4.90 Å². The topological polar surface area (TPSA) is 38.2 Å². The van der Waals surface area contributed by atoms with E-state index in [-0.39, 0.29) is 6.10 Å². The van der Waals surface area contributed by atoms with Crippen LogP contribution in [0, 0.1) is 0 Å². The monoisotopic (exact) mass is 233 g/mol. The molecule has 2 rings (SSSR count). The fraction of sp³-hybridized carbons (Fsp3) is 0.750. The first kappa shape index (κ1) is 10.1. The molecule has 0 N–H and O–H groups in total. The van der Waals surface area contributed by atoms with E-state index in [0.29, 0.717) is 11.9 Å². The number of ether oxygens (including phenoxy) is 1. The van der Waals surface area contributed by atoms with E-state index in [0.717, 1.165) is 18.1 Å². The zero-order chi connectivity index (χ0) is 9.97. The van der Waals surface area contributed by atoms with Gasteiger partial charge < -0.3 is 9.64 Å². The highest BCUT2D eigenvalue weighted by Crippen LogP contribution is 2.28. The molecule has 1 aliphatic heterocycles. The van der Waals surface area contributed by atoms with Crippen molar-refractivity contribution in [2.75, 3.05) is 24.4 Å². The van der Waals surface area contributed by atoms with Crippen LogP contribution in [0.5, 0.6) is 0 Å². The lowest BCUT2D eigenvalue weighted by Gasteiger charge is -2.20. The van der Waals surface area contributed by atoms with Gasteiger partial charge in [0.15, 0.2) is 0 Å². The Labute approximate surface area is 91.8 Å². The number of alkyl halides is 1. The molecular weight excluding hydrogens is 222 g/mol. The molecule has 1 aliphatic rings. The van der Waals surface area contributed by atoms with Gasteiger partial charge in [-0.05, 0) is 6.42 Å². The number of anilines is 1. The van der Waals surface area contributed by atoms with Crippen molar-refractivity contribution in [3.63, 3.8) is 0 Å². The van der Waals surface area contributed by atoms with Crippen molar-refractivity contribution >= 4 is 28.1 Å². The fourth-order valence-electron chi connectivity index (χ4n) is 1.72. The van der Waals surface area contributed by atoms with E-state index < -0.39 is 0 Å². The first-order chi connectivity index (χ1) is 6.85. The van der Waals surface area contributed by atoms with Gasteiger partial charge in [-0.2, -0.15) is 0 Å². The number of hydrogen-bond donors (Lipinski definition) is 0. The maximum Gasteiger partial charge on any atom is 0.208 e. The van der Waals surface area contributed by atoms with E-state index in [1.807, 2.05) is 0 Å². The summed E-state index contributed by atoms with van der Waals surface area (Å²) in [6, 6.07) is 0.328. The summed E-state index contributed by atoms with van der Waals surface area (Å²) in [6.45, 7) is 0.864. The molecule has 6 heteroatoms. The minimum atomic E-state index is 0.266. The lowest BCUT2D eigenvalue weighted by atomic mass is 10.2. The van der Waals surface area contributed by atoms with Crippen LogP contribution in [-0.4, -0.2) is 41.9 Å². The van der Waals surface area contributed by atoms with Crippen molar-refractivity contribution in [3.05, 3.63) is 5.51 Å². The van der Waals surface area contributed by atoms with Crippen LogP contribution in [-0.2, 0) is 4.74 Å². The Morgan fingerprint density at radius 3 is 3.21 bits per heavy atom. The molecule has 1 aromatic rings. The molecule has 0 aromatic carbocycles. The van der Waals surface area contributed by atoms with Gasteiger partial charge in [-0.3, -0.25) is 0 Å². The summed E-state index contributed by atoms with van der Waals surface area (Å²) in [6.07, 6.45) is 1.24. The third-order valence-electron chi connectivity index (χ3n) is 2.48. The number of methoxy groups -OCH3 is 1. The van der Waals surface area contributed by atoms with Crippen LogP contribution in [0.15, 0.2) is 5.51 Å². The molecule has 1 aromatic heterocycles. The maximum atomic E-state index is 5.90. The Hall–Kier alpha value is -0.390. The highest BCUT2D eigenvalue weighted by atomic mass is 35.5. The summed E-state index contributed by atoms with van der Waals surface area (Å²) < 4.78 is 5.33. The van der Waals surface area contributed by atoms with Gasteiger partial charge in [0.2, 0.25) is 5.13 Å². The van der Waals surface area contributed by atoms with Gasteiger partial charge in [0.1, 0.15) is 5.51 Å². The molecular formula is C8H12ClN3OS. The summed E-state index contributed by atoms with van der Waals surface area (Å²) >= 11 is 7.44. The smallest absolute Gasteiger partial charge is 0.208 e. The van der Waals surface area contributed by atoms with Crippen molar-refractivity contribution in [2.24, 2.45) is 0 Å². The largest absolute Gasteiger partial charge is 0.380 e. The number of halogens is 1. The van der Waals surface area contributed by atoms with Crippen LogP contribution in [0.1, 0.15) is 6.42 Å². The molecule has 0 bridgehead atoms. The second-order valence-corrected chi connectivity index (χ2v) is 4.40. The van der Waals surface area contributed by atoms with Gasteiger partial charge in [-0.1, -0.05) is 11.3 Å². The molecule has 1 fully saturated rings. The van der Waals surface area contributed by atoms with Crippen molar-refractivity contribution in [2.45, 2.75) is 18.6 Å². The standard InChI is InChI=1S/C8H12ClN3OS/c1-13-7-2-6(3-9)12(4-7)8-11-10-5-14-8/h5-7H,2-4H2,1H3. The Kier molecular flexibility index (Phi) is 3.20. The molecule has 4 nitrogen and oxygen atoms in total. The van der Waals surface area contributed by atoms with Crippen molar-refractivity contribution in [3.8, 4) is 0 Å². The highest BCUT2D eigenvalue weighted by Gasteiger charge is 2.33. The number of rotatable bonds is 3. The summed E-state index contributed by atoms with van der Waals surface area (Å²) in [7, 11) is 1.74.